The Morgan fingerprint density at radius 3 is 2.42 bits per heavy atom. The topological polar surface area (TPSA) is 72.2 Å². The first-order valence-electron chi connectivity index (χ1n) is 12.8. The molecule has 4 aromatic carbocycles. The number of fused-ring (bicyclic) bond motifs is 3. The van der Waals surface area contributed by atoms with Gasteiger partial charge in [0.05, 0.1) is 21.2 Å². The predicted molar refractivity (Wildman–Crippen MR) is 165 cm³/mol. The molecule has 5 nitrogen and oxygen atoms in total. The molecule has 0 bridgehead atoms. The first kappa shape index (κ1) is 27.3. The summed E-state index contributed by atoms with van der Waals surface area (Å²) in [6.07, 6.45) is 0.733. The molecule has 0 unspecified atom stereocenters. The molecule has 1 fully saturated rings. The third kappa shape index (κ3) is 5.05. The summed E-state index contributed by atoms with van der Waals surface area (Å²) in [5.41, 5.74) is 3.90. The third-order valence-electron chi connectivity index (χ3n) is 7.73. The summed E-state index contributed by atoms with van der Waals surface area (Å²) in [6.45, 7) is 0. The van der Waals surface area contributed by atoms with E-state index in [-0.39, 0.29) is 44.9 Å². The van der Waals surface area contributed by atoms with Gasteiger partial charge in [-0.3, -0.25) is 14.9 Å². The fourth-order valence-electron chi connectivity index (χ4n) is 5.98. The fourth-order valence-corrected chi connectivity index (χ4v) is 8.42. The molecule has 6 rings (SSSR count). The van der Waals surface area contributed by atoms with Crippen molar-refractivity contribution in [3.63, 3.8) is 0 Å². The van der Waals surface area contributed by atoms with Crippen LogP contribution in [0.2, 0.25) is 5.02 Å². The normalized spacial score (nSPS) is 23.1. The van der Waals surface area contributed by atoms with Crippen LogP contribution in [0.4, 0.5) is 11.4 Å². The van der Waals surface area contributed by atoms with Crippen LogP contribution in [0.15, 0.2) is 100 Å². The highest BCUT2D eigenvalue weighted by Crippen LogP contribution is 2.59. The molecule has 5 atom stereocenters. The van der Waals surface area contributed by atoms with Crippen molar-refractivity contribution in [3.8, 4) is 0 Å². The molecule has 0 radical (unpaired) electrons. The van der Waals surface area contributed by atoms with E-state index in [9.17, 15) is 14.9 Å². The number of nitrogens with zero attached hydrogens (tertiary/aromatic N) is 1. The fraction of sp³-hybridized carbons (Fsp3) is 0.194. The van der Waals surface area contributed by atoms with Crippen LogP contribution in [-0.4, -0.2) is 21.3 Å². The number of nitro groups is 1. The number of ketones is 1. The molecule has 9 heteroatoms. The van der Waals surface area contributed by atoms with E-state index in [0.29, 0.717) is 21.0 Å². The van der Waals surface area contributed by atoms with E-state index in [1.165, 1.54) is 17.8 Å². The molecule has 1 aliphatic carbocycles. The zero-order chi connectivity index (χ0) is 28.0. The van der Waals surface area contributed by atoms with Gasteiger partial charge in [-0.15, -0.1) is 23.4 Å². The molecule has 4 aromatic rings. The number of rotatable bonds is 6. The Balaban J connectivity index is 1.46. The number of para-hydroxylation sites is 1. The second-order valence-corrected chi connectivity index (χ2v) is 13.2. The maximum absolute atomic E-state index is 13.7. The van der Waals surface area contributed by atoms with Crippen LogP contribution in [0.5, 0.6) is 0 Å². The van der Waals surface area contributed by atoms with Gasteiger partial charge in [-0.1, -0.05) is 82.1 Å². The third-order valence-corrected chi connectivity index (χ3v) is 10.6. The van der Waals surface area contributed by atoms with E-state index >= 15 is 0 Å². The molecule has 1 aliphatic heterocycles. The Bertz CT molecular complexity index is 1600. The molecular formula is C31H23BrCl2N2O3S. The molecule has 1 N–H and O–H groups in total. The van der Waals surface area contributed by atoms with Crippen LogP contribution < -0.4 is 5.32 Å². The zero-order valence-corrected chi connectivity index (χ0v) is 24.9. The molecule has 1 saturated carbocycles. The van der Waals surface area contributed by atoms with Crippen molar-refractivity contribution < 1.29 is 9.72 Å². The monoisotopic (exact) mass is 652 g/mol. The van der Waals surface area contributed by atoms with E-state index in [0.717, 1.165) is 27.7 Å². The zero-order valence-electron chi connectivity index (χ0n) is 21.0. The van der Waals surface area contributed by atoms with Gasteiger partial charge in [0.1, 0.15) is 0 Å². The van der Waals surface area contributed by atoms with Crippen molar-refractivity contribution in [3.05, 3.63) is 133 Å². The lowest BCUT2D eigenvalue weighted by molar-refractivity contribution is -0.387. The Labute approximate surface area is 254 Å². The Kier molecular flexibility index (Phi) is 7.66. The van der Waals surface area contributed by atoms with E-state index < -0.39 is 0 Å². The highest BCUT2D eigenvalue weighted by Gasteiger charge is 2.51. The highest BCUT2D eigenvalue weighted by molar-refractivity contribution is 9.10. The number of benzene rings is 4. The van der Waals surface area contributed by atoms with E-state index in [1.54, 1.807) is 30.3 Å². The molecule has 0 saturated heterocycles. The molecule has 2 aliphatic rings. The number of hydrogen-bond acceptors (Lipinski definition) is 5. The summed E-state index contributed by atoms with van der Waals surface area (Å²) in [5.74, 6) is -0.155. The Morgan fingerprint density at radius 2 is 1.70 bits per heavy atom. The van der Waals surface area contributed by atoms with E-state index in [1.807, 2.05) is 42.5 Å². The number of nitrogens with one attached hydrogen (secondary N) is 1. The summed E-state index contributed by atoms with van der Waals surface area (Å²) >= 11 is 18.9. The molecule has 0 aromatic heterocycles. The lowest BCUT2D eigenvalue weighted by Crippen LogP contribution is -2.32. The minimum absolute atomic E-state index is 0.0769. The largest absolute Gasteiger partial charge is 0.377 e. The van der Waals surface area contributed by atoms with Gasteiger partial charge < -0.3 is 5.32 Å². The maximum atomic E-state index is 13.7. The molecular weight excluding hydrogens is 631 g/mol. The minimum Gasteiger partial charge on any atom is -0.377 e. The number of thioether (sulfide) groups is 1. The highest BCUT2D eigenvalue weighted by atomic mass is 79.9. The van der Waals surface area contributed by atoms with Crippen molar-refractivity contribution in [1.82, 2.24) is 0 Å². The Hall–Kier alpha value is -2.84. The molecule has 0 spiro atoms. The second kappa shape index (κ2) is 11.2. The number of anilines is 1. The summed E-state index contributed by atoms with van der Waals surface area (Å²) in [7, 11) is 0. The smallest absolute Gasteiger partial charge is 0.282 e. The van der Waals surface area contributed by atoms with Gasteiger partial charge >= 0.3 is 0 Å². The quantitative estimate of drug-likeness (QED) is 0.0972. The first-order valence-corrected chi connectivity index (χ1v) is 15.3. The number of alkyl halides is 1. The van der Waals surface area contributed by atoms with Gasteiger partial charge in [-0.05, 0) is 53.8 Å². The van der Waals surface area contributed by atoms with Gasteiger partial charge in [0.15, 0.2) is 5.78 Å². The summed E-state index contributed by atoms with van der Waals surface area (Å²) < 4.78 is 0.974. The first-order chi connectivity index (χ1) is 19.3. The number of hydrogen-bond donors (Lipinski definition) is 1. The average Bonchev–Trinajstić information content (AvgIpc) is 3.29. The van der Waals surface area contributed by atoms with E-state index in [4.69, 9.17) is 23.2 Å². The van der Waals surface area contributed by atoms with Crippen LogP contribution in [0, 0.1) is 16.0 Å². The van der Waals surface area contributed by atoms with Gasteiger partial charge in [-0.25, -0.2) is 0 Å². The number of carbonyl (C=O) groups excluding carboxylic acids is 1. The van der Waals surface area contributed by atoms with Crippen molar-refractivity contribution >= 4 is 68.1 Å². The maximum Gasteiger partial charge on any atom is 0.282 e. The lowest BCUT2D eigenvalue weighted by Gasteiger charge is -2.39. The van der Waals surface area contributed by atoms with Gasteiger partial charge in [0.25, 0.3) is 5.69 Å². The number of halogens is 3. The number of carbonyl (C=O) groups is 1. The van der Waals surface area contributed by atoms with Crippen LogP contribution in [0.3, 0.4) is 0 Å². The standard InChI is InChI=1S/C31H23BrCl2N2O3S/c32-19-12-10-17(11-13-19)29-22-16-26(40-25-9-5-4-8-24(25)36(38)39)28(34)27(22)21-14-20(33)15-23(30(21)35-29)31(37)18-6-2-1-3-7-18/h1-15,22,26-29,35H,16H2/t22-,26+,27+,28+,29+/m0/s1. The molecule has 1 heterocycles. The van der Waals surface area contributed by atoms with Crippen LogP contribution in [0.1, 0.15) is 45.4 Å². The van der Waals surface area contributed by atoms with Gasteiger partial charge in [-0.2, -0.15) is 0 Å². The summed E-state index contributed by atoms with van der Waals surface area (Å²) in [4.78, 5) is 25.7. The molecule has 202 valence electrons. The van der Waals surface area contributed by atoms with E-state index in [2.05, 4.69) is 33.4 Å². The molecule has 40 heavy (non-hydrogen) atoms. The number of nitro benzene ring substituents is 1. The van der Waals surface area contributed by atoms with Gasteiger partial charge in [0.2, 0.25) is 0 Å². The molecule has 0 amide bonds. The Morgan fingerprint density at radius 1 is 1.00 bits per heavy atom. The van der Waals surface area contributed by atoms with Crippen molar-refractivity contribution in [2.24, 2.45) is 5.92 Å². The van der Waals surface area contributed by atoms with Crippen molar-refractivity contribution in [1.29, 1.82) is 0 Å². The lowest BCUT2D eigenvalue weighted by atomic mass is 9.76. The minimum atomic E-state index is -0.351. The van der Waals surface area contributed by atoms with Crippen LogP contribution in [0.25, 0.3) is 0 Å². The predicted octanol–water partition coefficient (Wildman–Crippen LogP) is 9.28. The van der Waals surface area contributed by atoms with Crippen LogP contribution in [-0.2, 0) is 0 Å². The second-order valence-electron chi connectivity index (χ2n) is 10.0. The average molecular weight is 654 g/mol. The SMILES string of the molecule is O=C(c1ccccc1)c1cc(Cl)cc2c1N[C@H](c1ccc(Br)cc1)[C@H]1C[C@@H](Sc3ccccc3[N+](=O)[O-])[C@@H](Cl)[C@H]21. The van der Waals surface area contributed by atoms with Crippen molar-refractivity contribution in [2.75, 3.05) is 5.32 Å². The van der Waals surface area contributed by atoms with Crippen LogP contribution >= 0.6 is 50.9 Å². The summed E-state index contributed by atoms with van der Waals surface area (Å²) in [5, 5.41) is 15.5. The van der Waals surface area contributed by atoms with Gasteiger partial charge in [0, 0.05) is 43.5 Å². The summed E-state index contributed by atoms with van der Waals surface area (Å²) in [6, 6.07) is 27.6. The van der Waals surface area contributed by atoms with Crippen molar-refractivity contribution in [2.45, 2.75) is 33.9 Å².